The van der Waals surface area contributed by atoms with Gasteiger partial charge in [0.05, 0.1) is 5.69 Å². The van der Waals surface area contributed by atoms with Gasteiger partial charge in [0.25, 0.3) is 0 Å². The normalized spacial score (nSPS) is 10.9. The molecule has 1 aromatic carbocycles. The molecule has 2 aromatic rings. The van der Waals surface area contributed by atoms with Crippen LogP contribution in [-0.4, -0.2) is 9.78 Å². The summed E-state index contributed by atoms with van der Waals surface area (Å²) < 4.78 is 2.20. The van der Waals surface area contributed by atoms with Crippen molar-refractivity contribution in [2.45, 2.75) is 53.0 Å². The van der Waals surface area contributed by atoms with Crippen molar-refractivity contribution in [1.82, 2.24) is 9.78 Å². The number of hydrogen-bond acceptors (Lipinski definition) is 1. The molecule has 0 radical (unpaired) electrons. The topological polar surface area (TPSA) is 17.8 Å². The minimum Gasteiger partial charge on any atom is -0.266 e. The largest absolute Gasteiger partial charge is 0.266 e. The number of nitrogens with zero attached hydrogens (tertiary/aromatic N) is 2. The van der Waals surface area contributed by atoms with Crippen LogP contribution >= 0.6 is 0 Å². The molecule has 112 valence electrons. The first-order valence-corrected chi connectivity index (χ1v) is 7.22. The number of aryl methyl sites for hydroxylation is 1. The van der Waals surface area contributed by atoms with E-state index in [1.54, 1.807) is 0 Å². The molecule has 0 aliphatic carbocycles. The minimum atomic E-state index is 0. The van der Waals surface area contributed by atoms with Gasteiger partial charge in [-0.25, -0.2) is 0 Å². The molecule has 1 aromatic heterocycles. The van der Waals surface area contributed by atoms with Gasteiger partial charge >= 0.3 is 0 Å². The summed E-state index contributed by atoms with van der Waals surface area (Å²) in [6, 6.07) is 11.0. The minimum absolute atomic E-state index is 0. The molecule has 0 bridgehead atoms. The molecule has 0 spiro atoms. The first-order chi connectivity index (χ1) is 9.06. The molecule has 0 saturated heterocycles. The Bertz CT molecular complexity index is 542. The quantitative estimate of drug-likeness (QED) is 0.652. The van der Waals surface area contributed by atoms with Crippen LogP contribution in [0.3, 0.4) is 0 Å². The van der Waals surface area contributed by atoms with Crippen molar-refractivity contribution in [1.29, 1.82) is 0 Å². The van der Waals surface area contributed by atoms with Crippen LogP contribution in [0.2, 0.25) is 0 Å². The molecule has 2 rings (SSSR count). The Hall–Kier alpha value is -0.882. The van der Waals surface area contributed by atoms with Crippen molar-refractivity contribution in [3.8, 4) is 11.1 Å². The second-order valence-electron chi connectivity index (χ2n) is 5.62. The molecule has 0 aliphatic heterocycles. The van der Waals surface area contributed by atoms with E-state index in [-0.39, 0.29) is 21.1 Å². The fourth-order valence-electron chi connectivity index (χ4n) is 2.61. The summed E-state index contributed by atoms with van der Waals surface area (Å²) >= 11 is 0. The van der Waals surface area contributed by atoms with E-state index in [9.17, 15) is 0 Å². The molecule has 0 atom stereocenters. The maximum atomic E-state index is 4.84. The SMILES string of the molecule is CCc1nn(C(C)C)c(C(C)C)c1-c1ccccc1.[Pt]. The third-order valence-corrected chi connectivity index (χ3v) is 3.45. The van der Waals surface area contributed by atoms with E-state index in [0.717, 1.165) is 6.42 Å². The summed E-state index contributed by atoms with van der Waals surface area (Å²) in [7, 11) is 0. The summed E-state index contributed by atoms with van der Waals surface area (Å²) in [5.74, 6) is 0.477. The van der Waals surface area contributed by atoms with E-state index >= 15 is 0 Å². The van der Waals surface area contributed by atoms with E-state index in [4.69, 9.17) is 5.10 Å². The Morgan fingerprint density at radius 2 is 1.65 bits per heavy atom. The van der Waals surface area contributed by atoms with E-state index in [1.165, 1.54) is 22.5 Å². The smallest absolute Gasteiger partial charge is 0.0703 e. The average Bonchev–Trinajstić information content (AvgIpc) is 2.79. The van der Waals surface area contributed by atoms with Crippen molar-refractivity contribution in [2.75, 3.05) is 0 Å². The average molecular weight is 451 g/mol. The number of benzene rings is 1. The molecule has 20 heavy (non-hydrogen) atoms. The monoisotopic (exact) mass is 451 g/mol. The molecule has 0 aliphatic rings. The summed E-state index contributed by atoms with van der Waals surface area (Å²) in [5.41, 5.74) is 5.20. The van der Waals surface area contributed by atoms with Crippen LogP contribution in [-0.2, 0) is 27.5 Å². The molecular formula is C17H24N2Pt. The van der Waals surface area contributed by atoms with Crippen molar-refractivity contribution in [3.63, 3.8) is 0 Å². The molecule has 0 amide bonds. The van der Waals surface area contributed by atoms with Gasteiger partial charge in [-0.15, -0.1) is 0 Å². The third-order valence-electron chi connectivity index (χ3n) is 3.45. The molecule has 0 unspecified atom stereocenters. The zero-order chi connectivity index (χ0) is 14.0. The zero-order valence-corrected chi connectivity index (χ0v) is 15.2. The number of aromatic nitrogens is 2. The fraction of sp³-hybridized carbons (Fsp3) is 0.471. The predicted molar refractivity (Wildman–Crippen MR) is 81.5 cm³/mol. The van der Waals surface area contributed by atoms with Gasteiger partial charge in [0.15, 0.2) is 0 Å². The Balaban J connectivity index is 0.00000200. The number of hydrogen-bond donors (Lipinski definition) is 0. The van der Waals surface area contributed by atoms with Crippen LogP contribution in [0.5, 0.6) is 0 Å². The summed E-state index contributed by atoms with van der Waals surface area (Å²) in [6.07, 6.45) is 0.976. The van der Waals surface area contributed by atoms with E-state index in [2.05, 4.69) is 69.6 Å². The molecular weight excluding hydrogens is 427 g/mol. The Labute approximate surface area is 136 Å². The van der Waals surface area contributed by atoms with Gasteiger partial charge < -0.3 is 0 Å². The Morgan fingerprint density at radius 1 is 1.05 bits per heavy atom. The molecule has 2 nitrogen and oxygen atoms in total. The second-order valence-corrected chi connectivity index (χ2v) is 5.62. The van der Waals surface area contributed by atoms with Crippen LogP contribution in [0.1, 0.15) is 58.0 Å². The number of rotatable bonds is 4. The van der Waals surface area contributed by atoms with Crippen molar-refractivity contribution < 1.29 is 21.1 Å². The fourth-order valence-corrected chi connectivity index (χ4v) is 2.61. The van der Waals surface area contributed by atoms with Crippen LogP contribution in [0.15, 0.2) is 30.3 Å². The molecule has 0 fully saturated rings. The summed E-state index contributed by atoms with van der Waals surface area (Å²) in [5, 5.41) is 4.84. The molecule has 3 heteroatoms. The summed E-state index contributed by atoms with van der Waals surface area (Å²) in [4.78, 5) is 0. The standard InChI is InChI=1S/C17H24N2.Pt/c1-6-15-16(14-10-8-7-9-11-14)17(12(2)3)19(18-15)13(4)5;/h7-13H,6H2,1-5H3;. The van der Waals surface area contributed by atoms with Crippen LogP contribution in [0, 0.1) is 0 Å². The Morgan fingerprint density at radius 3 is 2.10 bits per heavy atom. The third kappa shape index (κ3) is 3.23. The van der Waals surface area contributed by atoms with Crippen molar-refractivity contribution >= 4 is 0 Å². The van der Waals surface area contributed by atoms with Crippen LogP contribution in [0.4, 0.5) is 0 Å². The van der Waals surface area contributed by atoms with Crippen LogP contribution in [0.25, 0.3) is 11.1 Å². The van der Waals surface area contributed by atoms with Gasteiger partial charge in [0, 0.05) is 38.4 Å². The predicted octanol–water partition coefficient (Wildman–Crippen LogP) is 4.81. The molecule has 0 N–H and O–H groups in total. The van der Waals surface area contributed by atoms with Crippen LogP contribution < -0.4 is 0 Å². The Kier molecular flexibility index (Phi) is 6.20. The maximum Gasteiger partial charge on any atom is 0.0703 e. The van der Waals surface area contributed by atoms with Gasteiger partial charge in [-0.1, -0.05) is 51.1 Å². The first kappa shape index (κ1) is 17.2. The van der Waals surface area contributed by atoms with Crippen molar-refractivity contribution in [2.24, 2.45) is 0 Å². The van der Waals surface area contributed by atoms with E-state index in [0.29, 0.717) is 12.0 Å². The molecule has 1 heterocycles. The summed E-state index contributed by atoms with van der Waals surface area (Å²) in [6.45, 7) is 11.1. The van der Waals surface area contributed by atoms with Gasteiger partial charge in [-0.2, -0.15) is 5.10 Å². The van der Waals surface area contributed by atoms with Gasteiger partial charge in [0.1, 0.15) is 0 Å². The van der Waals surface area contributed by atoms with Gasteiger partial charge in [-0.05, 0) is 31.7 Å². The van der Waals surface area contributed by atoms with E-state index in [1.807, 2.05) is 0 Å². The second kappa shape index (κ2) is 7.22. The first-order valence-electron chi connectivity index (χ1n) is 7.22. The van der Waals surface area contributed by atoms with Gasteiger partial charge in [-0.3, -0.25) is 4.68 Å². The van der Waals surface area contributed by atoms with Gasteiger partial charge in [0.2, 0.25) is 0 Å². The molecule has 0 saturated carbocycles. The van der Waals surface area contributed by atoms with E-state index < -0.39 is 0 Å². The zero-order valence-electron chi connectivity index (χ0n) is 13.0. The van der Waals surface area contributed by atoms with Crippen molar-refractivity contribution in [3.05, 3.63) is 41.7 Å². The maximum absolute atomic E-state index is 4.84.